The molecule has 0 aliphatic rings. The zero-order chi connectivity index (χ0) is 15.3. The van der Waals surface area contributed by atoms with Crippen LogP contribution in [0.1, 0.15) is 16.7 Å². The monoisotopic (exact) mass is 331 g/mol. The minimum atomic E-state index is -4.33. The molecule has 0 aliphatic carbocycles. The van der Waals surface area contributed by atoms with E-state index in [0.717, 1.165) is 30.7 Å². The molecule has 2 rings (SSSR count). The second-order valence-electron chi connectivity index (χ2n) is 4.73. The highest BCUT2D eigenvalue weighted by Crippen LogP contribution is 2.29. The number of benzene rings is 2. The Morgan fingerprint density at radius 1 is 0.955 bits per heavy atom. The SMILES string of the molecule is [Cl-].[NH3+]CCc1ccc(OCc2cccc(C(F)(F)F)c2)cc1. The fourth-order valence-electron chi connectivity index (χ4n) is 1.96. The molecule has 2 aromatic rings. The van der Waals surface area contributed by atoms with Crippen molar-refractivity contribution in [1.82, 2.24) is 0 Å². The Bertz CT molecular complexity index is 585. The van der Waals surface area contributed by atoms with E-state index in [4.69, 9.17) is 4.74 Å². The summed E-state index contributed by atoms with van der Waals surface area (Å²) in [6, 6.07) is 12.7. The molecule has 22 heavy (non-hydrogen) atoms. The minimum Gasteiger partial charge on any atom is -1.00 e. The van der Waals surface area contributed by atoms with Crippen LogP contribution in [0.2, 0.25) is 0 Å². The molecule has 0 bridgehead atoms. The van der Waals surface area contributed by atoms with Gasteiger partial charge in [0.15, 0.2) is 0 Å². The van der Waals surface area contributed by atoms with Gasteiger partial charge in [0.05, 0.1) is 12.1 Å². The van der Waals surface area contributed by atoms with E-state index in [1.54, 1.807) is 6.07 Å². The summed E-state index contributed by atoms with van der Waals surface area (Å²) in [6.45, 7) is 0.934. The molecule has 2 nitrogen and oxygen atoms in total. The molecule has 0 radical (unpaired) electrons. The van der Waals surface area contributed by atoms with Crippen molar-refractivity contribution in [1.29, 1.82) is 0 Å². The molecule has 3 N–H and O–H groups in total. The Morgan fingerprint density at radius 2 is 1.64 bits per heavy atom. The second kappa shape index (κ2) is 8.06. The Morgan fingerprint density at radius 3 is 2.23 bits per heavy atom. The van der Waals surface area contributed by atoms with Crippen LogP contribution < -0.4 is 22.9 Å². The second-order valence-corrected chi connectivity index (χ2v) is 4.73. The van der Waals surface area contributed by atoms with Gasteiger partial charge >= 0.3 is 6.18 Å². The predicted molar refractivity (Wildman–Crippen MR) is 73.7 cm³/mol. The van der Waals surface area contributed by atoms with Gasteiger partial charge in [0, 0.05) is 6.42 Å². The van der Waals surface area contributed by atoms with Crippen molar-refractivity contribution < 1.29 is 36.0 Å². The zero-order valence-electron chi connectivity index (χ0n) is 11.9. The minimum absolute atomic E-state index is 0. The van der Waals surface area contributed by atoms with Crippen LogP contribution in [0.3, 0.4) is 0 Å². The van der Waals surface area contributed by atoms with Gasteiger partial charge in [0.2, 0.25) is 0 Å². The standard InChI is InChI=1S/C16H16F3NO.ClH/c17-16(18,19)14-3-1-2-13(10-14)11-21-15-6-4-12(5-7-15)8-9-20;/h1-7,10H,8-9,11,20H2;1H. The summed E-state index contributed by atoms with van der Waals surface area (Å²) < 4.78 is 43.3. The van der Waals surface area contributed by atoms with Gasteiger partial charge in [0.1, 0.15) is 12.4 Å². The summed E-state index contributed by atoms with van der Waals surface area (Å²) in [5.74, 6) is 0.639. The molecule has 2 aromatic carbocycles. The van der Waals surface area contributed by atoms with E-state index in [2.05, 4.69) is 5.73 Å². The van der Waals surface area contributed by atoms with Crippen LogP contribution in [0.15, 0.2) is 48.5 Å². The summed E-state index contributed by atoms with van der Waals surface area (Å²) in [5.41, 5.74) is 4.78. The summed E-state index contributed by atoms with van der Waals surface area (Å²) >= 11 is 0. The molecule has 120 valence electrons. The highest BCUT2D eigenvalue weighted by atomic mass is 35.5. The van der Waals surface area contributed by atoms with Gasteiger partial charge in [-0.05, 0) is 35.4 Å². The number of hydrogen-bond acceptors (Lipinski definition) is 1. The van der Waals surface area contributed by atoms with Gasteiger partial charge in [0.25, 0.3) is 0 Å². The number of ether oxygens (including phenoxy) is 1. The van der Waals surface area contributed by atoms with Crippen LogP contribution in [0.5, 0.6) is 5.75 Å². The molecule has 0 heterocycles. The molecule has 0 spiro atoms. The van der Waals surface area contributed by atoms with Gasteiger partial charge in [-0.15, -0.1) is 0 Å². The Kier molecular flexibility index (Phi) is 6.71. The molecule has 0 atom stereocenters. The van der Waals surface area contributed by atoms with E-state index in [9.17, 15) is 13.2 Å². The molecule has 0 amide bonds. The van der Waals surface area contributed by atoms with Crippen molar-refractivity contribution in [2.75, 3.05) is 6.54 Å². The largest absolute Gasteiger partial charge is 1.00 e. The summed E-state index contributed by atoms with van der Waals surface area (Å²) in [4.78, 5) is 0. The van der Waals surface area contributed by atoms with Gasteiger partial charge in [-0.3, -0.25) is 0 Å². The van der Waals surface area contributed by atoms with Crippen molar-refractivity contribution in [2.45, 2.75) is 19.2 Å². The van der Waals surface area contributed by atoms with Crippen LogP contribution in [0.25, 0.3) is 0 Å². The third-order valence-corrected chi connectivity index (χ3v) is 3.05. The maximum absolute atomic E-state index is 12.6. The Labute approximate surface area is 133 Å². The molecule has 0 saturated heterocycles. The van der Waals surface area contributed by atoms with Gasteiger partial charge in [-0.2, -0.15) is 13.2 Å². The molecule has 0 aliphatic heterocycles. The third kappa shape index (κ3) is 5.24. The van der Waals surface area contributed by atoms with E-state index in [1.165, 1.54) is 6.07 Å². The fourth-order valence-corrected chi connectivity index (χ4v) is 1.96. The lowest BCUT2D eigenvalue weighted by molar-refractivity contribution is -0.366. The van der Waals surface area contributed by atoms with Crippen LogP contribution in [-0.2, 0) is 19.2 Å². The number of quaternary nitrogens is 1. The predicted octanol–water partition coefficient (Wildman–Crippen LogP) is 0.0728. The van der Waals surface area contributed by atoms with E-state index >= 15 is 0 Å². The molecule has 0 saturated carbocycles. The number of rotatable bonds is 5. The van der Waals surface area contributed by atoms with Gasteiger partial charge in [-0.1, -0.05) is 24.3 Å². The number of hydrogen-bond donors (Lipinski definition) is 1. The molecular weight excluding hydrogens is 315 g/mol. The number of halogens is 4. The molecule has 0 aromatic heterocycles. The first-order valence-electron chi connectivity index (χ1n) is 6.66. The maximum atomic E-state index is 12.6. The van der Waals surface area contributed by atoms with Crippen LogP contribution in [-0.4, -0.2) is 6.54 Å². The van der Waals surface area contributed by atoms with Crippen molar-refractivity contribution in [3.05, 3.63) is 65.2 Å². The topological polar surface area (TPSA) is 36.9 Å². The number of alkyl halides is 3. The summed E-state index contributed by atoms with van der Waals surface area (Å²) in [7, 11) is 0. The first-order valence-corrected chi connectivity index (χ1v) is 6.66. The van der Waals surface area contributed by atoms with Crippen molar-refractivity contribution in [3.63, 3.8) is 0 Å². The maximum Gasteiger partial charge on any atom is 0.416 e. The van der Waals surface area contributed by atoms with Gasteiger partial charge in [-0.25, -0.2) is 0 Å². The fraction of sp³-hybridized carbons (Fsp3) is 0.250. The van der Waals surface area contributed by atoms with Crippen LogP contribution >= 0.6 is 0 Å². The molecule has 0 unspecified atom stereocenters. The average molecular weight is 332 g/mol. The van der Waals surface area contributed by atoms with E-state index < -0.39 is 11.7 Å². The summed E-state index contributed by atoms with van der Waals surface area (Å²) in [5, 5.41) is 0. The van der Waals surface area contributed by atoms with Gasteiger partial charge < -0.3 is 22.9 Å². The highest BCUT2D eigenvalue weighted by molar-refractivity contribution is 5.29. The lowest BCUT2D eigenvalue weighted by Gasteiger charge is -2.10. The van der Waals surface area contributed by atoms with E-state index in [-0.39, 0.29) is 19.0 Å². The van der Waals surface area contributed by atoms with Crippen molar-refractivity contribution >= 4 is 0 Å². The Balaban J connectivity index is 0.00000242. The average Bonchev–Trinajstić information content (AvgIpc) is 2.46. The smallest absolute Gasteiger partial charge is 0.416 e. The normalized spacial score (nSPS) is 10.9. The summed E-state index contributed by atoms with van der Waals surface area (Å²) in [6.07, 6.45) is -3.43. The lowest BCUT2D eigenvalue weighted by Crippen LogP contribution is -3.00. The molecular formula is C16H17ClF3NO. The van der Waals surface area contributed by atoms with Crippen LogP contribution in [0, 0.1) is 0 Å². The molecule has 6 heteroatoms. The van der Waals surface area contributed by atoms with Crippen molar-refractivity contribution in [2.24, 2.45) is 0 Å². The van der Waals surface area contributed by atoms with E-state index in [0.29, 0.717) is 11.3 Å². The Hall–Kier alpha value is -1.72. The highest BCUT2D eigenvalue weighted by Gasteiger charge is 2.30. The third-order valence-electron chi connectivity index (χ3n) is 3.05. The molecule has 0 fully saturated rings. The van der Waals surface area contributed by atoms with Crippen LogP contribution in [0.4, 0.5) is 13.2 Å². The first kappa shape index (κ1) is 18.3. The zero-order valence-corrected chi connectivity index (χ0v) is 12.6. The lowest BCUT2D eigenvalue weighted by atomic mass is 10.1. The first-order chi connectivity index (χ1) is 9.99. The van der Waals surface area contributed by atoms with Crippen molar-refractivity contribution in [3.8, 4) is 5.75 Å². The van der Waals surface area contributed by atoms with E-state index in [1.807, 2.05) is 24.3 Å². The quantitative estimate of drug-likeness (QED) is 0.827.